The Balaban J connectivity index is 1.65. The zero-order valence-corrected chi connectivity index (χ0v) is 18.0. The normalized spacial score (nSPS) is 16.4. The summed E-state index contributed by atoms with van der Waals surface area (Å²) in [4.78, 5) is 34.5. The number of amides is 1. The molecule has 3 aromatic rings. The van der Waals surface area contributed by atoms with Crippen LogP contribution in [0, 0.1) is 17.0 Å². The van der Waals surface area contributed by atoms with Crippen molar-refractivity contribution in [1.82, 2.24) is 9.88 Å². The Labute approximate surface area is 185 Å². The molecule has 156 valence electrons. The number of thioether (sulfide) groups is 1. The van der Waals surface area contributed by atoms with Gasteiger partial charge in [0.1, 0.15) is 11.5 Å². The summed E-state index contributed by atoms with van der Waals surface area (Å²) in [5.41, 5.74) is 1.19. The van der Waals surface area contributed by atoms with Crippen molar-refractivity contribution in [3.05, 3.63) is 80.9 Å². The van der Waals surface area contributed by atoms with E-state index in [1.54, 1.807) is 42.5 Å². The minimum absolute atomic E-state index is 0.0484. The standard InChI is InChI=1S/C21H16N4O4S2/c1-3-10-24-19(26)18(31-21(24)23-20-22-13(2)12-30-20)11-14-8-9-17(29-14)15-6-4-5-7-16(15)25(27)28/h3-9,11-12H,1,10H2,2H3/b18-11+,23-21+. The van der Waals surface area contributed by atoms with E-state index in [0.717, 1.165) is 5.69 Å². The molecule has 1 fully saturated rings. The average molecular weight is 453 g/mol. The molecule has 10 heteroatoms. The van der Waals surface area contributed by atoms with Gasteiger partial charge in [-0.05, 0) is 36.9 Å². The predicted molar refractivity (Wildman–Crippen MR) is 122 cm³/mol. The topological polar surface area (TPSA) is 102 Å². The first-order chi connectivity index (χ1) is 15.0. The Bertz CT molecular complexity index is 1240. The van der Waals surface area contributed by atoms with Gasteiger partial charge in [0.05, 0.1) is 21.1 Å². The first-order valence-corrected chi connectivity index (χ1v) is 10.8. The highest BCUT2D eigenvalue weighted by molar-refractivity contribution is 8.18. The van der Waals surface area contributed by atoms with Crippen molar-refractivity contribution < 1.29 is 14.1 Å². The van der Waals surface area contributed by atoms with Crippen LogP contribution in [0.2, 0.25) is 0 Å². The zero-order chi connectivity index (χ0) is 22.0. The van der Waals surface area contributed by atoms with E-state index in [4.69, 9.17) is 4.42 Å². The number of para-hydroxylation sites is 1. The fourth-order valence-electron chi connectivity index (χ4n) is 2.90. The average Bonchev–Trinajstić information content (AvgIpc) is 3.45. The highest BCUT2D eigenvalue weighted by Gasteiger charge is 2.33. The van der Waals surface area contributed by atoms with E-state index in [2.05, 4.69) is 16.6 Å². The molecule has 4 rings (SSSR count). The van der Waals surface area contributed by atoms with Crippen molar-refractivity contribution in [2.45, 2.75) is 6.92 Å². The van der Waals surface area contributed by atoms with Gasteiger partial charge in [0.2, 0.25) is 5.13 Å². The number of carbonyl (C=O) groups is 1. The summed E-state index contributed by atoms with van der Waals surface area (Å²) in [5.74, 6) is 0.541. The van der Waals surface area contributed by atoms with Crippen molar-refractivity contribution >= 4 is 51.1 Å². The largest absolute Gasteiger partial charge is 0.456 e. The van der Waals surface area contributed by atoms with E-state index >= 15 is 0 Å². The molecule has 3 heterocycles. The highest BCUT2D eigenvalue weighted by Crippen LogP contribution is 2.36. The summed E-state index contributed by atoms with van der Waals surface area (Å²) in [7, 11) is 0. The molecule has 2 aromatic heterocycles. The van der Waals surface area contributed by atoms with E-state index in [-0.39, 0.29) is 11.6 Å². The lowest BCUT2D eigenvalue weighted by Crippen LogP contribution is -2.29. The molecule has 8 nitrogen and oxygen atoms in total. The van der Waals surface area contributed by atoms with Crippen molar-refractivity contribution in [3.63, 3.8) is 0 Å². The van der Waals surface area contributed by atoms with E-state index in [9.17, 15) is 14.9 Å². The Morgan fingerprint density at radius 3 is 2.84 bits per heavy atom. The molecule has 31 heavy (non-hydrogen) atoms. The van der Waals surface area contributed by atoms with Gasteiger partial charge in [0.15, 0.2) is 5.17 Å². The molecule has 0 unspecified atom stereocenters. The van der Waals surface area contributed by atoms with Gasteiger partial charge >= 0.3 is 0 Å². The third-order valence-electron chi connectivity index (χ3n) is 4.26. The molecule has 1 amide bonds. The van der Waals surface area contributed by atoms with Gasteiger partial charge in [-0.2, -0.15) is 4.99 Å². The molecule has 0 aliphatic carbocycles. The van der Waals surface area contributed by atoms with Crippen LogP contribution in [0.25, 0.3) is 17.4 Å². The summed E-state index contributed by atoms with van der Waals surface area (Å²) < 4.78 is 5.79. The van der Waals surface area contributed by atoms with Crippen molar-refractivity contribution in [2.24, 2.45) is 4.99 Å². The molecule has 1 aliphatic heterocycles. The lowest BCUT2D eigenvalue weighted by atomic mass is 10.1. The fourth-order valence-corrected chi connectivity index (χ4v) is 4.59. The van der Waals surface area contributed by atoms with Gasteiger partial charge in [0, 0.05) is 24.1 Å². The number of nitro groups is 1. The number of carbonyl (C=O) groups excluding carboxylic acids is 1. The molecule has 0 spiro atoms. The van der Waals surface area contributed by atoms with Gasteiger partial charge in [-0.25, -0.2) is 4.98 Å². The van der Waals surface area contributed by atoms with Crippen LogP contribution in [0.5, 0.6) is 0 Å². The number of amidine groups is 1. The zero-order valence-electron chi connectivity index (χ0n) is 16.3. The van der Waals surface area contributed by atoms with Crippen molar-refractivity contribution in [1.29, 1.82) is 0 Å². The second-order valence-electron chi connectivity index (χ2n) is 6.46. The second kappa shape index (κ2) is 8.70. The number of furan rings is 1. The van der Waals surface area contributed by atoms with Crippen LogP contribution >= 0.6 is 23.1 Å². The summed E-state index contributed by atoms with van der Waals surface area (Å²) in [6.07, 6.45) is 3.24. The Morgan fingerprint density at radius 1 is 1.32 bits per heavy atom. The minimum atomic E-state index is -0.456. The van der Waals surface area contributed by atoms with Crippen molar-refractivity contribution in [2.75, 3.05) is 6.54 Å². The number of aliphatic imine (C=N–C) groups is 1. The van der Waals surface area contributed by atoms with Crippen LogP contribution in [0.1, 0.15) is 11.5 Å². The number of hydrogen-bond acceptors (Lipinski definition) is 8. The fraction of sp³-hybridized carbons (Fsp3) is 0.0952. The molecule has 1 aliphatic rings. The van der Waals surface area contributed by atoms with Gasteiger partial charge in [-0.3, -0.25) is 19.8 Å². The van der Waals surface area contributed by atoms with E-state index in [1.165, 1.54) is 34.1 Å². The molecule has 0 saturated carbocycles. The number of nitro benzene ring substituents is 1. The third kappa shape index (κ3) is 4.35. The number of aromatic nitrogens is 1. The van der Waals surface area contributed by atoms with E-state index < -0.39 is 4.92 Å². The van der Waals surface area contributed by atoms with Gasteiger partial charge < -0.3 is 4.42 Å². The van der Waals surface area contributed by atoms with Crippen LogP contribution in [0.15, 0.2) is 68.7 Å². The van der Waals surface area contributed by atoms with Gasteiger partial charge in [-0.15, -0.1) is 17.9 Å². The Hall–Kier alpha value is -3.50. The highest BCUT2D eigenvalue weighted by atomic mass is 32.2. The maximum atomic E-state index is 12.9. The molecule has 1 aromatic carbocycles. The molecule has 0 N–H and O–H groups in total. The number of benzene rings is 1. The molecule has 1 saturated heterocycles. The monoisotopic (exact) mass is 452 g/mol. The molecule has 0 bridgehead atoms. The quantitative estimate of drug-likeness (QED) is 0.214. The molecule has 0 radical (unpaired) electrons. The Morgan fingerprint density at radius 2 is 2.13 bits per heavy atom. The maximum absolute atomic E-state index is 12.9. The van der Waals surface area contributed by atoms with E-state index in [1.807, 2.05) is 12.3 Å². The van der Waals surface area contributed by atoms with Gasteiger partial charge in [0.25, 0.3) is 11.6 Å². The second-order valence-corrected chi connectivity index (χ2v) is 8.30. The van der Waals surface area contributed by atoms with Crippen molar-refractivity contribution in [3.8, 4) is 11.3 Å². The maximum Gasteiger partial charge on any atom is 0.280 e. The number of rotatable bonds is 6. The molecular formula is C21H16N4O4S2. The summed E-state index contributed by atoms with van der Waals surface area (Å²) in [5, 5.41) is 14.3. The summed E-state index contributed by atoms with van der Waals surface area (Å²) >= 11 is 2.62. The number of hydrogen-bond donors (Lipinski definition) is 0. The summed E-state index contributed by atoms with van der Waals surface area (Å²) in [6.45, 7) is 5.90. The smallest absolute Gasteiger partial charge is 0.280 e. The predicted octanol–water partition coefficient (Wildman–Crippen LogP) is 5.41. The Kier molecular flexibility index (Phi) is 5.83. The SMILES string of the molecule is C=CCN1C(=O)/C(=C\c2ccc(-c3ccccc3[N+](=O)[O-])o2)S/C1=N/c1nc(C)cs1. The van der Waals surface area contributed by atoms with Crippen LogP contribution in [0.3, 0.4) is 0 Å². The number of thiazole rings is 1. The van der Waals surface area contributed by atoms with Crippen LogP contribution in [-0.2, 0) is 4.79 Å². The minimum Gasteiger partial charge on any atom is -0.456 e. The van der Waals surface area contributed by atoms with Crippen LogP contribution in [-0.4, -0.2) is 32.4 Å². The van der Waals surface area contributed by atoms with Crippen LogP contribution < -0.4 is 0 Å². The number of nitrogens with zero attached hydrogens (tertiary/aromatic N) is 4. The molecular weight excluding hydrogens is 436 g/mol. The summed E-state index contributed by atoms with van der Waals surface area (Å²) in [6, 6.07) is 9.66. The third-order valence-corrected chi connectivity index (χ3v) is 6.12. The number of aryl methyl sites for hydroxylation is 1. The van der Waals surface area contributed by atoms with Gasteiger partial charge in [-0.1, -0.05) is 18.2 Å². The van der Waals surface area contributed by atoms with E-state index in [0.29, 0.717) is 38.8 Å². The lowest BCUT2D eigenvalue weighted by Gasteiger charge is -2.11. The first-order valence-electron chi connectivity index (χ1n) is 9.13. The lowest BCUT2D eigenvalue weighted by molar-refractivity contribution is -0.384. The van der Waals surface area contributed by atoms with Crippen LogP contribution in [0.4, 0.5) is 10.8 Å². The first kappa shape index (κ1) is 20.8. The molecule has 0 atom stereocenters.